The van der Waals surface area contributed by atoms with Gasteiger partial charge in [-0.25, -0.2) is 4.98 Å². The highest BCUT2D eigenvalue weighted by atomic mass is 79.9. The van der Waals surface area contributed by atoms with Gasteiger partial charge in [-0.15, -0.1) is 0 Å². The van der Waals surface area contributed by atoms with E-state index >= 15 is 0 Å². The number of halogens is 1. The highest BCUT2D eigenvalue weighted by Crippen LogP contribution is 2.18. The quantitative estimate of drug-likeness (QED) is 0.738. The van der Waals surface area contributed by atoms with E-state index in [-0.39, 0.29) is 0 Å². The lowest BCUT2D eigenvalue weighted by Crippen LogP contribution is -1.99. The van der Waals surface area contributed by atoms with E-state index in [0.29, 0.717) is 6.61 Å². The Morgan fingerprint density at radius 3 is 2.78 bits per heavy atom. The van der Waals surface area contributed by atoms with Crippen molar-refractivity contribution in [1.82, 2.24) is 9.38 Å². The SMILES string of the molecule is Brc1cccn2c(COc3ccccc3)cnc12. The Labute approximate surface area is 113 Å². The molecule has 0 spiro atoms. The molecule has 0 N–H and O–H groups in total. The Bertz CT molecular complexity index is 664. The first-order chi connectivity index (χ1) is 8.84. The molecule has 0 bridgehead atoms. The topological polar surface area (TPSA) is 26.5 Å². The third-order valence-corrected chi connectivity index (χ3v) is 3.31. The number of imidazole rings is 1. The van der Waals surface area contributed by atoms with Gasteiger partial charge in [-0.3, -0.25) is 4.40 Å². The summed E-state index contributed by atoms with van der Waals surface area (Å²) in [7, 11) is 0. The number of hydrogen-bond donors (Lipinski definition) is 0. The van der Waals surface area contributed by atoms with E-state index in [1.165, 1.54) is 0 Å². The van der Waals surface area contributed by atoms with E-state index in [2.05, 4.69) is 20.9 Å². The molecule has 18 heavy (non-hydrogen) atoms. The van der Waals surface area contributed by atoms with Gasteiger partial charge >= 0.3 is 0 Å². The largest absolute Gasteiger partial charge is 0.487 e. The van der Waals surface area contributed by atoms with Crippen LogP contribution in [-0.2, 0) is 6.61 Å². The number of fused-ring (bicyclic) bond motifs is 1. The average Bonchev–Trinajstić information content (AvgIpc) is 2.82. The van der Waals surface area contributed by atoms with Crippen molar-refractivity contribution in [3.05, 3.63) is 65.0 Å². The first kappa shape index (κ1) is 11.3. The van der Waals surface area contributed by atoms with Crippen LogP contribution in [0.5, 0.6) is 5.75 Å². The smallest absolute Gasteiger partial charge is 0.151 e. The van der Waals surface area contributed by atoms with Crippen LogP contribution in [0.3, 0.4) is 0 Å². The number of para-hydroxylation sites is 1. The maximum absolute atomic E-state index is 5.72. The summed E-state index contributed by atoms with van der Waals surface area (Å²) in [4.78, 5) is 4.37. The predicted molar refractivity (Wildman–Crippen MR) is 73.7 cm³/mol. The second-order valence-electron chi connectivity index (χ2n) is 3.90. The van der Waals surface area contributed by atoms with E-state index in [1.807, 2.05) is 59.3 Å². The lowest BCUT2D eigenvalue weighted by Gasteiger charge is -2.05. The summed E-state index contributed by atoms with van der Waals surface area (Å²) in [6.45, 7) is 0.502. The number of nitrogens with zero attached hydrogens (tertiary/aromatic N) is 2. The zero-order valence-electron chi connectivity index (χ0n) is 9.58. The number of rotatable bonds is 3. The summed E-state index contributed by atoms with van der Waals surface area (Å²) in [5.41, 5.74) is 1.93. The molecular formula is C14H11BrN2O. The zero-order valence-corrected chi connectivity index (χ0v) is 11.2. The van der Waals surface area contributed by atoms with E-state index < -0.39 is 0 Å². The molecule has 2 aromatic heterocycles. The lowest BCUT2D eigenvalue weighted by molar-refractivity contribution is 0.300. The number of hydrogen-bond acceptors (Lipinski definition) is 2. The van der Waals surface area contributed by atoms with Crippen molar-refractivity contribution in [1.29, 1.82) is 0 Å². The molecule has 0 saturated heterocycles. The molecule has 0 radical (unpaired) electrons. The third kappa shape index (κ3) is 2.11. The highest BCUT2D eigenvalue weighted by molar-refractivity contribution is 9.10. The van der Waals surface area contributed by atoms with Gasteiger partial charge in [-0.2, -0.15) is 0 Å². The molecule has 1 aromatic carbocycles. The Hall–Kier alpha value is -1.81. The second-order valence-corrected chi connectivity index (χ2v) is 4.76. The normalized spacial score (nSPS) is 10.7. The monoisotopic (exact) mass is 302 g/mol. The van der Waals surface area contributed by atoms with Gasteiger partial charge in [0.05, 0.1) is 16.4 Å². The summed E-state index contributed by atoms with van der Waals surface area (Å²) in [5.74, 6) is 0.863. The highest BCUT2D eigenvalue weighted by Gasteiger charge is 2.05. The summed E-state index contributed by atoms with van der Waals surface area (Å²) in [6, 6.07) is 13.7. The Morgan fingerprint density at radius 1 is 1.11 bits per heavy atom. The van der Waals surface area contributed by atoms with Crippen molar-refractivity contribution in [3.63, 3.8) is 0 Å². The first-order valence-electron chi connectivity index (χ1n) is 5.63. The molecule has 4 heteroatoms. The third-order valence-electron chi connectivity index (χ3n) is 2.69. The molecule has 90 valence electrons. The predicted octanol–water partition coefficient (Wildman–Crippen LogP) is 3.68. The van der Waals surface area contributed by atoms with Gasteiger partial charge in [-0.05, 0) is 40.2 Å². The van der Waals surface area contributed by atoms with Crippen LogP contribution in [0.1, 0.15) is 5.69 Å². The van der Waals surface area contributed by atoms with Crippen molar-refractivity contribution in [3.8, 4) is 5.75 Å². The van der Waals surface area contributed by atoms with E-state index in [0.717, 1.165) is 21.6 Å². The van der Waals surface area contributed by atoms with Crippen LogP contribution in [0.2, 0.25) is 0 Å². The van der Waals surface area contributed by atoms with E-state index in [9.17, 15) is 0 Å². The lowest BCUT2D eigenvalue weighted by atomic mass is 10.3. The van der Waals surface area contributed by atoms with Gasteiger partial charge in [-0.1, -0.05) is 18.2 Å². The van der Waals surface area contributed by atoms with Gasteiger partial charge in [0.2, 0.25) is 0 Å². The van der Waals surface area contributed by atoms with Crippen LogP contribution < -0.4 is 4.74 Å². The van der Waals surface area contributed by atoms with Crippen molar-refractivity contribution in [2.45, 2.75) is 6.61 Å². The van der Waals surface area contributed by atoms with Crippen molar-refractivity contribution < 1.29 is 4.74 Å². The molecule has 0 aliphatic rings. The summed E-state index contributed by atoms with van der Waals surface area (Å²) in [6.07, 6.45) is 3.82. The van der Waals surface area contributed by atoms with E-state index in [1.54, 1.807) is 0 Å². The summed E-state index contributed by atoms with van der Waals surface area (Å²) >= 11 is 3.48. The van der Waals surface area contributed by atoms with Gasteiger partial charge in [0, 0.05) is 6.20 Å². The summed E-state index contributed by atoms with van der Waals surface area (Å²) in [5, 5.41) is 0. The van der Waals surface area contributed by atoms with Crippen LogP contribution in [0.4, 0.5) is 0 Å². The standard InChI is InChI=1S/C14H11BrN2O/c15-13-7-4-8-17-11(9-16-14(13)17)10-18-12-5-2-1-3-6-12/h1-9H,10H2. The zero-order chi connectivity index (χ0) is 12.4. The van der Waals surface area contributed by atoms with Crippen molar-refractivity contribution >= 4 is 21.6 Å². The fourth-order valence-corrected chi connectivity index (χ4v) is 2.25. The molecule has 0 aliphatic heterocycles. The number of pyridine rings is 1. The molecule has 3 nitrogen and oxygen atoms in total. The van der Waals surface area contributed by atoms with Gasteiger partial charge in [0.1, 0.15) is 12.4 Å². The van der Waals surface area contributed by atoms with Gasteiger partial charge < -0.3 is 4.74 Å². The molecular weight excluding hydrogens is 292 g/mol. The summed E-state index contributed by atoms with van der Waals surface area (Å²) < 4.78 is 8.73. The Morgan fingerprint density at radius 2 is 1.94 bits per heavy atom. The Kier molecular flexibility index (Phi) is 3.02. The minimum atomic E-state index is 0.502. The van der Waals surface area contributed by atoms with Crippen LogP contribution in [0.15, 0.2) is 59.3 Å². The Balaban J connectivity index is 1.85. The molecule has 3 rings (SSSR count). The molecule has 0 atom stereocenters. The number of ether oxygens (including phenoxy) is 1. The molecule has 0 aliphatic carbocycles. The van der Waals surface area contributed by atoms with Gasteiger partial charge in [0.25, 0.3) is 0 Å². The molecule has 2 heterocycles. The molecule has 0 amide bonds. The maximum Gasteiger partial charge on any atom is 0.151 e. The molecule has 3 aromatic rings. The van der Waals surface area contributed by atoms with E-state index in [4.69, 9.17) is 4.74 Å². The van der Waals surface area contributed by atoms with Gasteiger partial charge in [0.15, 0.2) is 5.65 Å². The molecule has 0 unspecified atom stereocenters. The molecule has 0 fully saturated rings. The maximum atomic E-state index is 5.72. The number of aromatic nitrogens is 2. The first-order valence-corrected chi connectivity index (χ1v) is 6.42. The van der Waals surface area contributed by atoms with Crippen molar-refractivity contribution in [2.75, 3.05) is 0 Å². The van der Waals surface area contributed by atoms with Crippen LogP contribution in [0, 0.1) is 0 Å². The van der Waals surface area contributed by atoms with Crippen LogP contribution in [-0.4, -0.2) is 9.38 Å². The average molecular weight is 303 g/mol. The van der Waals surface area contributed by atoms with Crippen molar-refractivity contribution in [2.24, 2.45) is 0 Å². The van der Waals surface area contributed by atoms with Crippen LogP contribution >= 0.6 is 15.9 Å². The molecule has 0 saturated carbocycles. The van der Waals surface area contributed by atoms with Crippen LogP contribution in [0.25, 0.3) is 5.65 Å². The minimum absolute atomic E-state index is 0.502. The fraction of sp³-hybridized carbons (Fsp3) is 0.0714. The fourth-order valence-electron chi connectivity index (χ4n) is 1.81. The minimum Gasteiger partial charge on any atom is -0.487 e. The number of benzene rings is 1. The second kappa shape index (κ2) is 4.82.